The number of ketones is 1. The zero-order valence-corrected chi connectivity index (χ0v) is 15.8. The van der Waals surface area contributed by atoms with Crippen molar-refractivity contribution < 1.29 is 14.6 Å². The molecule has 1 aromatic heterocycles. The standard InChI is InChI=1S/C21H13N5O5/c27-21(15-9-5-2-6-10-15)20-19(14-7-3-1-4-8-14)22-24(23-20)17-12-11-16(25(28)29)13-18(17)26(30)31/h1-13H. The molecule has 0 N–H and O–H groups in total. The predicted molar refractivity (Wildman–Crippen MR) is 110 cm³/mol. The Hall–Kier alpha value is -4.73. The Balaban J connectivity index is 1.91. The number of nitrogens with zero attached hydrogens (tertiary/aromatic N) is 5. The van der Waals surface area contributed by atoms with E-state index in [0.29, 0.717) is 11.1 Å². The summed E-state index contributed by atoms with van der Waals surface area (Å²) in [5.41, 5.74) is 0.128. The Labute approximate surface area is 174 Å². The molecule has 1 heterocycles. The summed E-state index contributed by atoms with van der Waals surface area (Å²) in [7, 11) is 0. The topological polar surface area (TPSA) is 134 Å². The molecule has 0 bridgehead atoms. The predicted octanol–water partition coefficient (Wildman–Crippen LogP) is 3.98. The van der Waals surface area contributed by atoms with Gasteiger partial charge in [0.1, 0.15) is 5.69 Å². The molecule has 0 spiro atoms. The van der Waals surface area contributed by atoms with Gasteiger partial charge in [-0.3, -0.25) is 25.0 Å². The van der Waals surface area contributed by atoms with E-state index in [1.54, 1.807) is 60.7 Å². The van der Waals surface area contributed by atoms with Gasteiger partial charge < -0.3 is 0 Å². The SMILES string of the molecule is O=C(c1ccccc1)c1nn(-c2ccc([N+](=O)[O-])cc2[N+](=O)[O-])nc1-c1ccccc1. The minimum absolute atomic E-state index is 0.00468. The van der Waals surface area contributed by atoms with Crippen molar-refractivity contribution in [3.8, 4) is 16.9 Å². The molecule has 4 rings (SSSR count). The molecule has 0 aliphatic heterocycles. The lowest BCUT2D eigenvalue weighted by Crippen LogP contribution is -2.07. The van der Waals surface area contributed by atoms with Gasteiger partial charge in [-0.25, -0.2) is 0 Å². The number of aromatic nitrogens is 3. The van der Waals surface area contributed by atoms with Crippen molar-refractivity contribution in [2.75, 3.05) is 0 Å². The van der Waals surface area contributed by atoms with Crippen molar-refractivity contribution in [1.82, 2.24) is 15.0 Å². The number of nitro groups is 2. The molecule has 0 radical (unpaired) electrons. The molecule has 0 saturated carbocycles. The van der Waals surface area contributed by atoms with Crippen molar-refractivity contribution in [3.63, 3.8) is 0 Å². The van der Waals surface area contributed by atoms with Gasteiger partial charge in [0.2, 0.25) is 5.78 Å². The molecule has 152 valence electrons. The van der Waals surface area contributed by atoms with E-state index in [4.69, 9.17) is 0 Å². The van der Waals surface area contributed by atoms with Crippen molar-refractivity contribution in [1.29, 1.82) is 0 Å². The zero-order chi connectivity index (χ0) is 22.0. The van der Waals surface area contributed by atoms with Gasteiger partial charge in [0.25, 0.3) is 5.69 Å². The van der Waals surface area contributed by atoms with Crippen LogP contribution < -0.4 is 0 Å². The summed E-state index contributed by atoms with van der Waals surface area (Å²) in [5, 5.41) is 31.1. The van der Waals surface area contributed by atoms with E-state index in [9.17, 15) is 25.0 Å². The second-order valence-corrected chi connectivity index (χ2v) is 6.44. The molecule has 3 aromatic carbocycles. The third-order valence-corrected chi connectivity index (χ3v) is 4.49. The molecule has 0 atom stereocenters. The average molecular weight is 415 g/mol. The lowest BCUT2D eigenvalue weighted by atomic mass is 10.0. The largest absolute Gasteiger partial charge is 0.303 e. The summed E-state index contributed by atoms with van der Waals surface area (Å²) in [4.78, 5) is 35.1. The Morgan fingerprint density at radius 1 is 0.806 bits per heavy atom. The highest BCUT2D eigenvalue weighted by Crippen LogP contribution is 2.29. The average Bonchev–Trinajstić information content (AvgIpc) is 3.24. The first-order chi connectivity index (χ1) is 15.0. The molecule has 0 unspecified atom stereocenters. The quantitative estimate of drug-likeness (QED) is 0.264. The van der Waals surface area contributed by atoms with E-state index < -0.39 is 27.0 Å². The number of hydrogen-bond donors (Lipinski definition) is 0. The van der Waals surface area contributed by atoms with Gasteiger partial charge in [0.05, 0.1) is 15.9 Å². The molecule has 0 aliphatic rings. The van der Waals surface area contributed by atoms with Crippen LogP contribution in [0.1, 0.15) is 16.1 Å². The van der Waals surface area contributed by atoms with Crippen LogP contribution in [0.4, 0.5) is 11.4 Å². The summed E-state index contributed by atoms with van der Waals surface area (Å²) < 4.78 is 0. The summed E-state index contributed by atoms with van der Waals surface area (Å²) in [5.74, 6) is -0.407. The summed E-state index contributed by atoms with van der Waals surface area (Å²) in [6.07, 6.45) is 0. The molecule has 10 nitrogen and oxygen atoms in total. The van der Waals surface area contributed by atoms with E-state index in [2.05, 4.69) is 10.2 Å². The van der Waals surface area contributed by atoms with E-state index >= 15 is 0 Å². The highest BCUT2D eigenvalue weighted by Gasteiger charge is 2.26. The minimum Gasteiger partial charge on any atom is -0.287 e. The third kappa shape index (κ3) is 3.77. The maximum atomic E-state index is 13.1. The number of carbonyl (C=O) groups is 1. The number of carbonyl (C=O) groups excluding carboxylic acids is 1. The normalized spacial score (nSPS) is 10.6. The van der Waals surface area contributed by atoms with Gasteiger partial charge in [-0.05, 0) is 6.07 Å². The molecule has 31 heavy (non-hydrogen) atoms. The molecule has 0 saturated heterocycles. The van der Waals surface area contributed by atoms with Crippen LogP contribution in [-0.2, 0) is 0 Å². The number of rotatable bonds is 6. The van der Waals surface area contributed by atoms with Crippen molar-refractivity contribution in [3.05, 3.63) is 110 Å². The number of nitro benzene ring substituents is 2. The van der Waals surface area contributed by atoms with Gasteiger partial charge in [0, 0.05) is 17.2 Å². The fraction of sp³-hybridized carbons (Fsp3) is 0. The molecular weight excluding hydrogens is 402 g/mol. The van der Waals surface area contributed by atoms with Gasteiger partial charge in [-0.1, -0.05) is 60.7 Å². The lowest BCUT2D eigenvalue weighted by molar-refractivity contribution is -0.394. The highest BCUT2D eigenvalue weighted by atomic mass is 16.6. The first kappa shape index (κ1) is 19.6. The van der Waals surface area contributed by atoms with E-state index in [0.717, 1.165) is 16.9 Å². The molecule has 0 fully saturated rings. The first-order valence-corrected chi connectivity index (χ1v) is 9.01. The summed E-state index contributed by atoms with van der Waals surface area (Å²) >= 11 is 0. The third-order valence-electron chi connectivity index (χ3n) is 4.49. The van der Waals surface area contributed by atoms with Crippen LogP contribution in [0.5, 0.6) is 0 Å². The van der Waals surface area contributed by atoms with Crippen molar-refractivity contribution in [2.24, 2.45) is 0 Å². The number of non-ortho nitro benzene ring substituents is 1. The second-order valence-electron chi connectivity index (χ2n) is 6.44. The maximum absolute atomic E-state index is 13.1. The van der Waals surface area contributed by atoms with Gasteiger partial charge in [-0.15, -0.1) is 15.0 Å². The maximum Gasteiger partial charge on any atom is 0.303 e. The highest BCUT2D eigenvalue weighted by molar-refractivity contribution is 6.10. The van der Waals surface area contributed by atoms with Crippen molar-refractivity contribution in [2.45, 2.75) is 0 Å². The van der Waals surface area contributed by atoms with Gasteiger partial charge in [0.15, 0.2) is 11.4 Å². The fourth-order valence-corrected chi connectivity index (χ4v) is 3.02. The van der Waals surface area contributed by atoms with E-state index in [1.165, 1.54) is 6.07 Å². The van der Waals surface area contributed by atoms with Crippen LogP contribution in [-0.4, -0.2) is 30.6 Å². The molecule has 0 amide bonds. The van der Waals surface area contributed by atoms with Crippen molar-refractivity contribution >= 4 is 17.2 Å². The van der Waals surface area contributed by atoms with Crippen LogP contribution in [0.25, 0.3) is 16.9 Å². The molecule has 4 aromatic rings. The Morgan fingerprint density at radius 3 is 2.06 bits per heavy atom. The Morgan fingerprint density at radius 2 is 1.45 bits per heavy atom. The smallest absolute Gasteiger partial charge is 0.287 e. The van der Waals surface area contributed by atoms with Gasteiger partial charge in [-0.2, -0.15) is 0 Å². The van der Waals surface area contributed by atoms with Crippen LogP contribution in [0.2, 0.25) is 0 Å². The monoisotopic (exact) mass is 415 g/mol. The fourth-order valence-electron chi connectivity index (χ4n) is 3.02. The zero-order valence-electron chi connectivity index (χ0n) is 15.8. The Bertz CT molecular complexity index is 1300. The van der Waals surface area contributed by atoms with Crippen LogP contribution in [0.15, 0.2) is 78.9 Å². The lowest BCUT2D eigenvalue weighted by Gasteiger charge is -2.01. The Kier molecular flexibility index (Phi) is 5.02. The number of benzene rings is 3. The molecule has 0 aliphatic carbocycles. The van der Waals surface area contributed by atoms with Crippen LogP contribution in [0, 0.1) is 20.2 Å². The second kappa shape index (κ2) is 7.95. The summed E-state index contributed by atoms with van der Waals surface area (Å²) in [6, 6.07) is 20.4. The summed E-state index contributed by atoms with van der Waals surface area (Å²) in [6.45, 7) is 0. The first-order valence-electron chi connectivity index (χ1n) is 9.01. The number of hydrogen-bond acceptors (Lipinski definition) is 7. The molecular formula is C21H13N5O5. The van der Waals surface area contributed by atoms with E-state index in [-0.39, 0.29) is 17.1 Å². The molecule has 10 heteroatoms. The van der Waals surface area contributed by atoms with Gasteiger partial charge >= 0.3 is 5.69 Å². The minimum atomic E-state index is -0.757. The van der Waals surface area contributed by atoms with E-state index in [1.807, 2.05) is 0 Å². The van der Waals surface area contributed by atoms with Crippen LogP contribution in [0.3, 0.4) is 0 Å². The van der Waals surface area contributed by atoms with Crippen LogP contribution >= 0.6 is 0 Å².